The Kier molecular flexibility index (Phi) is 1.00. The van der Waals surface area contributed by atoms with E-state index in [1.165, 1.54) is 0 Å². The van der Waals surface area contributed by atoms with Crippen molar-refractivity contribution in [2.45, 2.75) is 0 Å². The first kappa shape index (κ1) is 5.00. The first-order chi connectivity index (χ1) is 2.00. The number of thiol groups is 1. The zero-order valence-electron chi connectivity index (χ0n) is 2.13. The topological polar surface area (TPSA) is 57.5 Å². The fourth-order valence-electron chi connectivity index (χ4n) is 0. The summed E-state index contributed by atoms with van der Waals surface area (Å²) >= 11 is 0. The monoisotopic (exact) mass is 102 g/mol. The van der Waals surface area contributed by atoms with Gasteiger partial charge in [-0.2, -0.15) is 0 Å². The summed E-state index contributed by atoms with van der Waals surface area (Å²) in [4.78, 5) is 0. The highest BCUT2D eigenvalue weighted by Crippen LogP contribution is 1.86. The van der Waals surface area contributed by atoms with Crippen molar-refractivity contribution in [3.63, 3.8) is 0 Å². The Balaban J connectivity index is 3.47. The van der Waals surface area contributed by atoms with Crippen LogP contribution in [0, 0.1) is 0 Å². The molecule has 0 aliphatic rings. The molecule has 0 unspecified atom stereocenters. The number of halogens is 1. The van der Waals surface area contributed by atoms with Gasteiger partial charge >= 0.3 is 0 Å². The summed E-state index contributed by atoms with van der Waals surface area (Å²) in [6.45, 7) is 0. The van der Waals surface area contributed by atoms with E-state index in [0.717, 1.165) is 0 Å². The minimum atomic E-state index is -5.14. The first-order valence-corrected chi connectivity index (χ1v) is 2.25. The van der Waals surface area contributed by atoms with E-state index in [1.54, 1.807) is 0 Å². The molecule has 5 heavy (non-hydrogen) atoms. The van der Waals surface area contributed by atoms with E-state index in [2.05, 4.69) is 0 Å². The average Bonchev–Trinajstić information content (AvgIpc) is 0.722. The zero-order chi connectivity index (χ0) is 4.50. The van der Waals surface area contributed by atoms with E-state index in [0.29, 0.717) is 0 Å². The Bertz CT molecular complexity index is 53.0. The van der Waals surface area contributed by atoms with Gasteiger partial charge in [0.15, 0.2) is 0 Å². The molecule has 2 N–H and O–H groups in total. The molecule has 0 atom stereocenters. The lowest BCUT2D eigenvalue weighted by molar-refractivity contribution is 0.373. The van der Waals surface area contributed by atoms with Crippen LogP contribution in [0.4, 0.5) is 3.89 Å². The Labute approximate surface area is 29.2 Å². The molecule has 0 fully saturated rings. The van der Waals surface area contributed by atoms with Crippen LogP contribution in [0.2, 0.25) is 0 Å². The molecule has 3 nitrogen and oxygen atoms in total. The van der Waals surface area contributed by atoms with Gasteiger partial charge in [0.1, 0.15) is 0 Å². The first-order valence-electron chi connectivity index (χ1n) is 0.752. The van der Waals surface area contributed by atoms with Gasteiger partial charge in [-0.05, 0) is 0 Å². The van der Waals surface area contributed by atoms with Crippen LogP contribution in [0.3, 0.4) is 0 Å². The predicted molar refractivity (Wildman–Crippen MR) is 15.9 cm³/mol. The van der Waals surface area contributed by atoms with E-state index in [-0.39, 0.29) is 0 Å². The van der Waals surface area contributed by atoms with Crippen molar-refractivity contribution in [3.8, 4) is 0 Å². The Morgan fingerprint density at radius 1 is 1.60 bits per heavy atom. The van der Waals surface area contributed by atoms with Crippen molar-refractivity contribution in [2.24, 2.45) is 0 Å². The van der Waals surface area contributed by atoms with Crippen molar-refractivity contribution in [2.75, 3.05) is 0 Å². The summed E-state index contributed by atoms with van der Waals surface area (Å²) in [7, 11) is -5.14. The fourth-order valence-corrected chi connectivity index (χ4v) is 0. The van der Waals surface area contributed by atoms with Gasteiger partial charge in [0, 0.05) is 0 Å². The van der Waals surface area contributed by atoms with Crippen LogP contribution in [0.5, 0.6) is 0 Å². The van der Waals surface area contributed by atoms with Crippen LogP contribution in [0.15, 0.2) is 0 Å². The highest BCUT2D eigenvalue weighted by Gasteiger charge is 1.88. The molecule has 0 aromatic rings. The quantitative estimate of drug-likeness (QED) is 0.294. The van der Waals surface area contributed by atoms with Crippen LogP contribution in [0.1, 0.15) is 0 Å². The van der Waals surface area contributed by atoms with Crippen molar-refractivity contribution in [3.05, 3.63) is 0 Å². The highest BCUT2D eigenvalue weighted by atomic mass is 32.3. The molecule has 0 aromatic carbocycles. The van der Waals surface area contributed by atoms with Gasteiger partial charge in [-0.3, -0.25) is 9.11 Å². The van der Waals surface area contributed by atoms with Gasteiger partial charge in [0.25, 0.3) is 0 Å². The lowest BCUT2D eigenvalue weighted by atomic mass is 15.8. The second-order valence-electron chi connectivity index (χ2n) is 0.473. The van der Waals surface area contributed by atoms with Crippen molar-refractivity contribution < 1.29 is 17.2 Å². The molecule has 0 saturated carbocycles. The zero-order valence-corrected chi connectivity index (χ0v) is 3.02. The van der Waals surface area contributed by atoms with Crippen molar-refractivity contribution in [1.82, 2.24) is 0 Å². The summed E-state index contributed by atoms with van der Waals surface area (Å²) in [6, 6.07) is 0. The van der Waals surface area contributed by atoms with Gasteiger partial charge < -0.3 is 0 Å². The largest absolute Gasteiger partial charge is 0.287 e. The third kappa shape index (κ3) is 5190000000000000103764152866045952. The molecule has 0 saturated heterocycles. The second kappa shape index (κ2) is 1.00. The summed E-state index contributed by atoms with van der Waals surface area (Å²) < 4.78 is 32.9. The Morgan fingerprint density at radius 3 is 1.60 bits per heavy atom. The van der Waals surface area contributed by atoms with Crippen LogP contribution < -0.4 is 0 Å². The lowest BCUT2D eigenvalue weighted by Gasteiger charge is -1.89. The van der Waals surface area contributed by atoms with E-state index in [4.69, 9.17) is 13.3 Å². The molecular weight excluding hydrogens is 99.1 g/mol. The second-order valence-corrected chi connectivity index (χ2v) is 1.42. The number of hydrogen-bond donors (Lipinski definition) is 3. The molecule has 0 bridgehead atoms. The summed E-state index contributed by atoms with van der Waals surface area (Å²) in [5.74, 6) is 0. The predicted octanol–water partition coefficient (Wildman–Crippen LogP) is -0.166. The van der Waals surface area contributed by atoms with Gasteiger partial charge in [-0.1, -0.05) is 0 Å². The maximum Gasteiger partial charge on any atom is 0.214 e. The molecule has 0 radical (unpaired) electrons. The van der Waals surface area contributed by atoms with Crippen molar-refractivity contribution in [1.29, 1.82) is 0 Å². The summed E-state index contributed by atoms with van der Waals surface area (Å²) in [6.07, 6.45) is 0. The smallest absolute Gasteiger partial charge is 0.214 e. The molecule has 0 aromatic heterocycles. The minimum absolute atomic E-state index is 5.14. The number of rotatable bonds is 0. The van der Waals surface area contributed by atoms with E-state index < -0.39 is 10.9 Å². The Morgan fingerprint density at radius 2 is 1.60 bits per heavy atom. The normalized spacial score (nSPS) is 15.0. The van der Waals surface area contributed by atoms with Gasteiger partial charge in [0.05, 0.1) is 0 Å². The van der Waals surface area contributed by atoms with Crippen LogP contribution >= 0.6 is 0 Å². The Hall–Kier alpha value is -0.0000000000000000555. The third-order valence-corrected chi connectivity index (χ3v) is 0. The van der Waals surface area contributed by atoms with E-state index >= 15 is 0 Å². The van der Waals surface area contributed by atoms with Crippen LogP contribution in [-0.4, -0.2) is 13.3 Å². The van der Waals surface area contributed by atoms with Crippen molar-refractivity contribution >= 4 is 10.9 Å². The van der Waals surface area contributed by atoms with Gasteiger partial charge in [-0.15, -0.1) is 3.89 Å². The van der Waals surface area contributed by atoms with Gasteiger partial charge in [-0.25, -0.2) is 4.21 Å². The molecule has 0 amide bonds. The average molecular weight is 102 g/mol. The van der Waals surface area contributed by atoms with Gasteiger partial charge in [0.2, 0.25) is 10.9 Å². The standard InChI is InChI=1S/FH3O3S/c1-5(2,3)4/h5H,(H2,2,3,4). The molecule has 0 aliphatic heterocycles. The molecule has 0 heterocycles. The maximum absolute atomic E-state index is 10.4. The van der Waals surface area contributed by atoms with E-state index in [1.807, 2.05) is 0 Å². The summed E-state index contributed by atoms with van der Waals surface area (Å²) in [5, 5.41) is 0. The fraction of sp³-hybridized carbons (Fsp3) is 0. The molecule has 5 heteroatoms. The van der Waals surface area contributed by atoms with E-state index in [9.17, 15) is 3.89 Å². The van der Waals surface area contributed by atoms with Crippen LogP contribution in [-0.2, 0) is 10.9 Å². The molecular formula is H3FO3S. The summed E-state index contributed by atoms with van der Waals surface area (Å²) in [5.41, 5.74) is 0. The molecule has 34 valence electrons. The van der Waals surface area contributed by atoms with Crippen LogP contribution in [0.25, 0.3) is 0 Å². The SMILES string of the molecule is O=[SH](O)(O)F. The maximum atomic E-state index is 10.4. The number of hydrogen-bond acceptors (Lipinski definition) is 1. The molecule has 0 rings (SSSR count). The molecule has 0 aliphatic carbocycles. The third-order valence-electron chi connectivity index (χ3n) is 0. The minimum Gasteiger partial charge on any atom is -0.287 e. The highest BCUT2D eigenvalue weighted by molar-refractivity contribution is 7.87. The lowest BCUT2D eigenvalue weighted by Crippen LogP contribution is -1.94. The molecule has 0 spiro atoms.